The van der Waals surface area contributed by atoms with Crippen molar-refractivity contribution in [2.24, 2.45) is 0 Å². The molecular weight excluding hydrogens is 301 g/mol. The van der Waals surface area contributed by atoms with Crippen molar-refractivity contribution in [3.05, 3.63) is 30.1 Å². The highest BCUT2D eigenvalue weighted by Gasteiger charge is 2.45. The van der Waals surface area contributed by atoms with Crippen molar-refractivity contribution in [1.29, 1.82) is 0 Å². The second-order valence-electron chi connectivity index (χ2n) is 4.86. The Labute approximate surface area is 120 Å². The monoisotopic (exact) mass is 313 g/mol. The number of amides is 3. The van der Waals surface area contributed by atoms with Crippen LogP contribution < -0.4 is 5.32 Å². The van der Waals surface area contributed by atoms with Crippen LogP contribution in [0.5, 0.6) is 0 Å². The van der Waals surface area contributed by atoms with Crippen LogP contribution in [0.25, 0.3) is 0 Å². The molecule has 0 aromatic heterocycles. The van der Waals surface area contributed by atoms with E-state index in [4.69, 9.17) is 0 Å². The van der Waals surface area contributed by atoms with E-state index in [-0.39, 0.29) is 30.4 Å². The lowest BCUT2D eigenvalue weighted by Gasteiger charge is -2.41. The highest BCUT2D eigenvalue weighted by Crippen LogP contribution is 2.25. The number of carbonyl (C=O) groups excluding carboxylic acids is 2. The lowest BCUT2D eigenvalue weighted by Crippen LogP contribution is -2.62. The summed E-state index contributed by atoms with van der Waals surface area (Å²) in [5.41, 5.74) is 0. The van der Waals surface area contributed by atoms with Gasteiger partial charge in [0, 0.05) is 13.1 Å². The lowest BCUT2D eigenvalue weighted by molar-refractivity contribution is -0.128. The average Bonchev–Trinajstić information content (AvgIpc) is 2.69. The van der Waals surface area contributed by atoms with Gasteiger partial charge in [-0.2, -0.15) is 4.31 Å². The van der Waals surface area contributed by atoms with Gasteiger partial charge < -0.3 is 5.32 Å². The van der Waals surface area contributed by atoms with Gasteiger partial charge in [-0.25, -0.2) is 17.6 Å². The molecule has 112 valence electrons. The van der Waals surface area contributed by atoms with Gasteiger partial charge in [-0.05, 0) is 18.2 Å². The average molecular weight is 313 g/mol. The van der Waals surface area contributed by atoms with Gasteiger partial charge in [0.2, 0.25) is 15.9 Å². The molecule has 2 saturated heterocycles. The fourth-order valence-corrected chi connectivity index (χ4v) is 3.90. The molecule has 0 atom stereocenters. The second kappa shape index (κ2) is 4.78. The summed E-state index contributed by atoms with van der Waals surface area (Å²) in [7, 11) is -3.80. The Bertz CT molecular complexity index is 699. The first-order chi connectivity index (χ1) is 9.89. The predicted molar refractivity (Wildman–Crippen MR) is 69.2 cm³/mol. The number of carbonyl (C=O) groups is 2. The number of nitrogens with zero attached hydrogens (tertiary/aromatic N) is 2. The van der Waals surface area contributed by atoms with Gasteiger partial charge >= 0.3 is 6.03 Å². The Kier molecular flexibility index (Phi) is 3.18. The minimum Gasteiger partial charge on any atom is -0.329 e. The molecule has 21 heavy (non-hydrogen) atoms. The van der Waals surface area contributed by atoms with E-state index in [1.165, 1.54) is 12.1 Å². The van der Waals surface area contributed by atoms with E-state index >= 15 is 0 Å². The molecule has 0 radical (unpaired) electrons. The summed E-state index contributed by atoms with van der Waals surface area (Å²) < 4.78 is 38.7. The van der Waals surface area contributed by atoms with Crippen LogP contribution >= 0.6 is 0 Å². The third-order valence-corrected chi connectivity index (χ3v) is 5.33. The summed E-state index contributed by atoms with van der Waals surface area (Å²) in [6.07, 6.45) is 0. The molecule has 0 bridgehead atoms. The molecule has 2 aliphatic heterocycles. The summed E-state index contributed by atoms with van der Waals surface area (Å²) in [5, 5.41) is 2.38. The largest absolute Gasteiger partial charge is 0.329 e. The summed E-state index contributed by atoms with van der Waals surface area (Å²) in [4.78, 5) is 23.9. The minimum atomic E-state index is -3.80. The van der Waals surface area contributed by atoms with Crippen LogP contribution in [0.15, 0.2) is 29.2 Å². The first-order valence-corrected chi connectivity index (χ1v) is 7.69. The number of imide groups is 1. The molecule has 9 heteroatoms. The van der Waals surface area contributed by atoms with Crippen molar-refractivity contribution in [1.82, 2.24) is 14.5 Å². The molecule has 0 saturated carbocycles. The van der Waals surface area contributed by atoms with Crippen LogP contribution in [0.2, 0.25) is 0 Å². The van der Waals surface area contributed by atoms with Gasteiger partial charge in [0.05, 0.1) is 17.5 Å². The molecule has 2 aliphatic rings. The highest BCUT2D eigenvalue weighted by molar-refractivity contribution is 7.89. The molecule has 0 spiro atoms. The molecule has 2 heterocycles. The van der Waals surface area contributed by atoms with Crippen LogP contribution in [-0.4, -0.2) is 55.2 Å². The molecule has 1 aromatic carbocycles. The topological polar surface area (TPSA) is 86.8 Å². The Balaban J connectivity index is 1.74. The van der Waals surface area contributed by atoms with E-state index < -0.39 is 27.9 Å². The van der Waals surface area contributed by atoms with E-state index in [1.54, 1.807) is 0 Å². The van der Waals surface area contributed by atoms with Crippen molar-refractivity contribution in [3.8, 4) is 0 Å². The van der Waals surface area contributed by atoms with Crippen LogP contribution in [0.4, 0.5) is 9.18 Å². The smallest absolute Gasteiger partial charge is 0.324 e. The van der Waals surface area contributed by atoms with E-state index in [1.807, 2.05) is 0 Å². The predicted octanol–water partition coefficient (Wildman–Crippen LogP) is -0.250. The molecule has 1 aromatic rings. The number of urea groups is 1. The van der Waals surface area contributed by atoms with Crippen LogP contribution in [0.1, 0.15) is 0 Å². The summed E-state index contributed by atoms with van der Waals surface area (Å²) in [5.74, 6) is -1.00. The lowest BCUT2D eigenvalue weighted by atomic mass is 10.1. The van der Waals surface area contributed by atoms with Gasteiger partial charge in [-0.15, -0.1) is 0 Å². The maximum atomic E-state index is 13.1. The summed E-state index contributed by atoms with van der Waals surface area (Å²) in [6, 6.07) is 3.74. The zero-order valence-corrected chi connectivity index (χ0v) is 11.6. The maximum Gasteiger partial charge on any atom is 0.324 e. The zero-order valence-electron chi connectivity index (χ0n) is 10.8. The molecule has 7 nitrogen and oxygen atoms in total. The van der Waals surface area contributed by atoms with Gasteiger partial charge in [-0.3, -0.25) is 9.69 Å². The van der Waals surface area contributed by atoms with Crippen LogP contribution in [0, 0.1) is 5.82 Å². The normalized spacial score (nSPS) is 20.5. The molecule has 2 fully saturated rings. The fraction of sp³-hybridized carbons (Fsp3) is 0.333. The number of hydrogen-bond acceptors (Lipinski definition) is 4. The molecule has 3 amide bonds. The third kappa shape index (κ3) is 2.28. The number of hydrogen-bond donors (Lipinski definition) is 1. The zero-order chi connectivity index (χ0) is 15.2. The maximum absolute atomic E-state index is 13.1. The number of rotatable bonds is 3. The molecule has 1 N–H and O–H groups in total. The van der Waals surface area contributed by atoms with Gasteiger partial charge in [0.25, 0.3) is 0 Å². The van der Waals surface area contributed by atoms with Crippen molar-refractivity contribution in [2.75, 3.05) is 19.6 Å². The van der Waals surface area contributed by atoms with Crippen LogP contribution in [-0.2, 0) is 14.8 Å². The Morgan fingerprint density at radius 2 is 1.95 bits per heavy atom. The summed E-state index contributed by atoms with van der Waals surface area (Å²) in [6.45, 7) is -0.0119. The minimum absolute atomic E-state index is 0.0258. The standard InChI is InChI=1S/C12H12FN3O4S/c13-8-2-1-3-10(4-8)21(19,20)15-6-9(7-15)16-11(17)5-14-12(16)18/h1-4,9H,5-7H2,(H,14,18). The number of benzene rings is 1. The second-order valence-corrected chi connectivity index (χ2v) is 6.79. The van der Waals surface area contributed by atoms with Crippen molar-refractivity contribution in [2.45, 2.75) is 10.9 Å². The van der Waals surface area contributed by atoms with E-state index in [2.05, 4.69) is 5.32 Å². The van der Waals surface area contributed by atoms with Gasteiger partial charge in [-0.1, -0.05) is 6.07 Å². The number of nitrogens with one attached hydrogen (secondary N) is 1. The summed E-state index contributed by atoms with van der Waals surface area (Å²) >= 11 is 0. The van der Waals surface area contributed by atoms with E-state index in [9.17, 15) is 22.4 Å². The SMILES string of the molecule is O=C1CNC(=O)N1C1CN(S(=O)(=O)c2cccc(F)c2)C1. The van der Waals surface area contributed by atoms with Crippen LogP contribution in [0.3, 0.4) is 0 Å². The van der Waals surface area contributed by atoms with Crippen molar-refractivity contribution >= 4 is 22.0 Å². The van der Waals surface area contributed by atoms with Gasteiger partial charge in [0.15, 0.2) is 0 Å². The highest BCUT2D eigenvalue weighted by atomic mass is 32.2. The molecule has 3 rings (SSSR count). The number of halogens is 1. The van der Waals surface area contributed by atoms with E-state index in [0.29, 0.717) is 0 Å². The Morgan fingerprint density at radius 1 is 1.24 bits per heavy atom. The molecule has 0 aliphatic carbocycles. The van der Waals surface area contributed by atoms with E-state index in [0.717, 1.165) is 21.3 Å². The van der Waals surface area contributed by atoms with Crippen molar-refractivity contribution in [3.63, 3.8) is 0 Å². The first kappa shape index (κ1) is 14.0. The number of sulfonamides is 1. The Hall–Kier alpha value is -2.00. The first-order valence-electron chi connectivity index (χ1n) is 6.25. The Morgan fingerprint density at radius 3 is 2.52 bits per heavy atom. The quantitative estimate of drug-likeness (QED) is 0.780. The van der Waals surface area contributed by atoms with Crippen molar-refractivity contribution < 1.29 is 22.4 Å². The molecule has 0 unspecified atom stereocenters. The fourth-order valence-electron chi connectivity index (χ4n) is 2.36. The molecular formula is C12H12FN3O4S. The third-order valence-electron chi connectivity index (χ3n) is 3.51. The van der Waals surface area contributed by atoms with Gasteiger partial charge in [0.1, 0.15) is 5.82 Å².